The summed E-state index contributed by atoms with van der Waals surface area (Å²) in [5.74, 6) is -2.92. The van der Waals surface area contributed by atoms with Crippen LogP contribution >= 0.6 is 0 Å². The largest absolute Gasteiger partial charge is 0.480 e. The number of carbonyl (C=O) groups excluding carboxylic acids is 4. The molecule has 1 aliphatic rings. The van der Waals surface area contributed by atoms with E-state index in [0.29, 0.717) is 32.2 Å². The zero-order valence-electron chi connectivity index (χ0n) is 29.4. The molecule has 1 aromatic rings. The van der Waals surface area contributed by atoms with E-state index in [1.807, 2.05) is 65.0 Å². The van der Waals surface area contributed by atoms with Crippen LogP contribution in [0.3, 0.4) is 0 Å². The average Bonchev–Trinajstić information content (AvgIpc) is 3.01. The standard InChI is InChI=1S/C35H59N7O6/c1-23(2)20-27(41-31(45)28(21-24-12-8-6-9-13-24)40-29(43)25(37)22-34(3,4)5)30(44)39-26(14-10-7-11-17-36)32(46)42-18-15-35(38,16-19-42)33(47)48/h6,8-9,12-13,23,25-28H,7,10-11,14-22,36-38H2,1-5H3,(H,39,44)(H,40,43)(H,41,45)(H,47,48)/t25-,26-,27-,28-/m1/s1. The molecule has 2 rings (SSSR count). The summed E-state index contributed by atoms with van der Waals surface area (Å²) < 4.78 is 0. The predicted octanol–water partition coefficient (Wildman–Crippen LogP) is 1.42. The van der Waals surface area contributed by atoms with Gasteiger partial charge in [-0.15, -0.1) is 0 Å². The molecule has 0 radical (unpaired) electrons. The molecule has 0 saturated carbocycles. The third-order valence-corrected chi connectivity index (χ3v) is 8.63. The van der Waals surface area contributed by atoms with Gasteiger partial charge in [0.2, 0.25) is 23.6 Å². The second-order valence-corrected chi connectivity index (χ2v) is 14.8. The summed E-state index contributed by atoms with van der Waals surface area (Å²) in [7, 11) is 0. The minimum atomic E-state index is -1.40. The number of nitrogens with zero attached hydrogens (tertiary/aromatic N) is 1. The summed E-state index contributed by atoms with van der Waals surface area (Å²) in [6.07, 6.45) is 3.62. The number of nitrogens with two attached hydrogens (primary N) is 3. The van der Waals surface area contributed by atoms with E-state index < -0.39 is 53.4 Å². The molecule has 0 spiro atoms. The minimum absolute atomic E-state index is 0.0120. The van der Waals surface area contributed by atoms with Crippen LogP contribution < -0.4 is 33.2 Å². The molecule has 1 aliphatic heterocycles. The molecule has 1 heterocycles. The summed E-state index contributed by atoms with van der Waals surface area (Å²) >= 11 is 0. The Bertz CT molecular complexity index is 1210. The maximum atomic E-state index is 13.8. The van der Waals surface area contributed by atoms with Gasteiger partial charge in [0.15, 0.2) is 0 Å². The molecular weight excluding hydrogens is 614 g/mol. The fraction of sp³-hybridized carbons (Fsp3) is 0.686. The van der Waals surface area contributed by atoms with Gasteiger partial charge in [-0.3, -0.25) is 24.0 Å². The fourth-order valence-electron chi connectivity index (χ4n) is 5.83. The quantitative estimate of drug-likeness (QED) is 0.112. The van der Waals surface area contributed by atoms with E-state index in [9.17, 15) is 29.1 Å². The summed E-state index contributed by atoms with van der Waals surface area (Å²) in [6.45, 7) is 10.6. The molecule has 13 heteroatoms. The van der Waals surface area contributed by atoms with Gasteiger partial charge in [0.05, 0.1) is 6.04 Å². The van der Waals surface area contributed by atoms with Crippen LogP contribution in [0.25, 0.3) is 0 Å². The van der Waals surface area contributed by atoms with E-state index in [1.165, 1.54) is 0 Å². The fourth-order valence-corrected chi connectivity index (χ4v) is 5.83. The number of nitrogens with one attached hydrogen (secondary N) is 3. The lowest BCUT2D eigenvalue weighted by Gasteiger charge is -2.38. The first-order chi connectivity index (χ1) is 22.5. The zero-order valence-corrected chi connectivity index (χ0v) is 29.4. The van der Waals surface area contributed by atoms with E-state index in [-0.39, 0.29) is 49.6 Å². The summed E-state index contributed by atoms with van der Waals surface area (Å²) in [6, 6.07) is 5.55. The highest BCUT2D eigenvalue weighted by molar-refractivity contribution is 5.95. The lowest BCUT2D eigenvalue weighted by atomic mass is 9.88. The molecule has 1 saturated heterocycles. The first-order valence-corrected chi connectivity index (χ1v) is 17.2. The summed E-state index contributed by atoms with van der Waals surface area (Å²) in [4.78, 5) is 67.7. The van der Waals surface area contributed by atoms with Crippen LogP contribution in [0.2, 0.25) is 0 Å². The molecule has 0 aliphatic carbocycles. The van der Waals surface area contributed by atoms with Crippen molar-refractivity contribution in [3.8, 4) is 0 Å². The number of hydrogen-bond donors (Lipinski definition) is 7. The number of hydrogen-bond acceptors (Lipinski definition) is 8. The Kier molecular flexibility index (Phi) is 16.0. The zero-order chi connectivity index (χ0) is 36.1. The van der Waals surface area contributed by atoms with E-state index in [2.05, 4.69) is 16.0 Å². The second kappa shape index (κ2) is 18.8. The van der Waals surface area contributed by atoms with Crippen molar-refractivity contribution in [3.05, 3.63) is 35.9 Å². The number of carboxylic acid groups (broad SMARTS) is 1. The van der Waals surface area contributed by atoms with Gasteiger partial charge < -0.3 is 43.2 Å². The third-order valence-electron chi connectivity index (χ3n) is 8.63. The number of carboxylic acids is 1. The number of likely N-dealkylation sites (tertiary alicyclic amines) is 1. The van der Waals surface area contributed by atoms with Crippen molar-refractivity contribution in [2.24, 2.45) is 28.5 Å². The van der Waals surface area contributed by atoms with Crippen molar-refractivity contribution in [2.75, 3.05) is 19.6 Å². The lowest BCUT2D eigenvalue weighted by Crippen LogP contribution is -2.60. The van der Waals surface area contributed by atoms with Crippen LogP contribution in [0.15, 0.2) is 30.3 Å². The predicted molar refractivity (Wildman–Crippen MR) is 185 cm³/mol. The van der Waals surface area contributed by atoms with Crippen molar-refractivity contribution in [3.63, 3.8) is 0 Å². The highest BCUT2D eigenvalue weighted by atomic mass is 16.4. The van der Waals surface area contributed by atoms with Gasteiger partial charge in [-0.2, -0.15) is 0 Å². The van der Waals surface area contributed by atoms with E-state index in [1.54, 1.807) is 4.90 Å². The molecule has 0 bridgehead atoms. The van der Waals surface area contributed by atoms with Crippen LogP contribution in [0.5, 0.6) is 0 Å². The number of rotatable bonds is 18. The lowest BCUT2D eigenvalue weighted by molar-refractivity contribution is -0.148. The Morgan fingerprint density at radius 3 is 1.98 bits per heavy atom. The molecule has 10 N–H and O–H groups in total. The smallest absolute Gasteiger partial charge is 0.323 e. The van der Waals surface area contributed by atoms with Crippen molar-refractivity contribution in [1.82, 2.24) is 20.9 Å². The number of benzene rings is 1. The summed E-state index contributed by atoms with van der Waals surface area (Å²) in [5, 5.41) is 18.1. The molecule has 1 aromatic carbocycles. The van der Waals surface area contributed by atoms with E-state index >= 15 is 0 Å². The first-order valence-electron chi connectivity index (χ1n) is 17.2. The number of unbranched alkanes of at least 4 members (excludes halogenated alkanes) is 2. The van der Waals surface area contributed by atoms with Gasteiger partial charge in [-0.05, 0) is 62.0 Å². The highest BCUT2D eigenvalue weighted by Crippen LogP contribution is 2.22. The Morgan fingerprint density at radius 1 is 0.875 bits per heavy atom. The molecule has 4 atom stereocenters. The Morgan fingerprint density at radius 2 is 1.44 bits per heavy atom. The normalized spacial score (nSPS) is 17.1. The molecule has 48 heavy (non-hydrogen) atoms. The monoisotopic (exact) mass is 673 g/mol. The maximum Gasteiger partial charge on any atom is 0.323 e. The van der Waals surface area contributed by atoms with Gasteiger partial charge in [0, 0.05) is 19.5 Å². The number of carbonyl (C=O) groups is 5. The van der Waals surface area contributed by atoms with Crippen molar-refractivity contribution >= 4 is 29.6 Å². The van der Waals surface area contributed by atoms with Crippen molar-refractivity contribution in [1.29, 1.82) is 0 Å². The van der Waals surface area contributed by atoms with Gasteiger partial charge in [-0.25, -0.2) is 0 Å². The van der Waals surface area contributed by atoms with Crippen molar-refractivity contribution < 1.29 is 29.1 Å². The van der Waals surface area contributed by atoms with Gasteiger partial charge in [-0.1, -0.05) is 77.8 Å². The Labute approximate surface area is 285 Å². The van der Waals surface area contributed by atoms with Gasteiger partial charge in [0.1, 0.15) is 23.7 Å². The maximum absolute atomic E-state index is 13.8. The second-order valence-electron chi connectivity index (χ2n) is 14.8. The van der Waals surface area contributed by atoms with Crippen LogP contribution in [0.4, 0.5) is 0 Å². The molecule has 270 valence electrons. The molecule has 4 amide bonds. The van der Waals surface area contributed by atoms with Crippen LogP contribution in [0.1, 0.15) is 91.5 Å². The molecule has 0 unspecified atom stereocenters. The minimum Gasteiger partial charge on any atom is -0.480 e. The molecular formula is C35H59N7O6. The summed E-state index contributed by atoms with van der Waals surface area (Å²) in [5.41, 5.74) is 17.1. The average molecular weight is 674 g/mol. The highest BCUT2D eigenvalue weighted by Gasteiger charge is 2.40. The molecule has 13 nitrogen and oxygen atoms in total. The van der Waals surface area contributed by atoms with Crippen LogP contribution in [-0.2, 0) is 30.4 Å². The SMILES string of the molecule is CC(C)C[C@@H](NC(=O)[C@@H](Cc1ccccc1)NC(=O)[C@H](N)CC(C)(C)C)C(=O)N[C@H](CCCCCN)C(=O)N1CCC(N)(C(=O)O)CC1. The number of amides is 4. The topological polar surface area (TPSA) is 223 Å². The van der Waals surface area contributed by atoms with Gasteiger partial charge in [0.25, 0.3) is 0 Å². The van der Waals surface area contributed by atoms with E-state index in [0.717, 1.165) is 18.4 Å². The third kappa shape index (κ3) is 13.5. The Balaban J connectivity index is 2.26. The molecule has 1 fully saturated rings. The Hall–Kier alpha value is -3.55. The number of aliphatic carboxylic acids is 1. The number of piperidine rings is 1. The first kappa shape index (κ1) is 40.6. The van der Waals surface area contributed by atoms with Crippen LogP contribution in [-0.4, -0.2) is 88.9 Å². The van der Waals surface area contributed by atoms with Crippen molar-refractivity contribution in [2.45, 2.75) is 122 Å². The van der Waals surface area contributed by atoms with Gasteiger partial charge >= 0.3 is 5.97 Å². The van der Waals surface area contributed by atoms with Crippen LogP contribution in [0, 0.1) is 11.3 Å². The molecule has 0 aromatic heterocycles. The van der Waals surface area contributed by atoms with E-state index in [4.69, 9.17) is 17.2 Å².